The molecule has 1 aliphatic rings. The fraction of sp³-hybridized carbons (Fsp3) is 0.421. The van der Waals surface area contributed by atoms with Crippen molar-refractivity contribution in [2.24, 2.45) is 5.92 Å². The van der Waals surface area contributed by atoms with E-state index in [-0.39, 0.29) is 0 Å². The Bertz CT molecular complexity index is 484. The van der Waals surface area contributed by atoms with Gasteiger partial charge in [-0.3, -0.25) is 4.79 Å². The average molecular weight is 270 g/mol. The van der Waals surface area contributed by atoms with E-state index in [4.69, 9.17) is 0 Å². The van der Waals surface area contributed by atoms with Crippen LogP contribution in [0.15, 0.2) is 58.7 Å². The first-order chi connectivity index (χ1) is 9.54. The first-order valence-corrected chi connectivity index (χ1v) is 7.39. The molecule has 0 bridgehead atoms. The molecule has 1 rings (SSSR count). The van der Waals surface area contributed by atoms with Crippen LogP contribution in [0.25, 0.3) is 0 Å². The first-order valence-electron chi connectivity index (χ1n) is 7.39. The molecule has 0 fully saturated rings. The van der Waals surface area contributed by atoms with Gasteiger partial charge in [-0.05, 0) is 63.2 Å². The van der Waals surface area contributed by atoms with Gasteiger partial charge in [0.1, 0.15) is 6.29 Å². The molecule has 108 valence electrons. The van der Waals surface area contributed by atoms with Crippen LogP contribution in [0.3, 0.4) is 0 Å². The number of carbonyl (C=O) groups is 1. The fourth-order valence-electron chi connectivity index (χ4n) is 2.49. The Morgan fingerprint density at radius 1 is 1.15 bits per heavy atom. The molecule has 0 heterocycles. The number of allylic oxidation sites excluding steroid dienone is 10. The molecule has 1 heteroatoms. The van der Waals surface area contributed by atoms with Crippen molar-refractivity contribution in [3.8, 4) is 0 Å². The summed E-state index contributed by atoms with van der Waals surface area (Å²) >= 11 is 0. The summed E-state index contributed by atoms with van der Waals surface area (Å²) in [6.45, 7) is 8.58. The monoisotopic (exact) mass is 270 g/mol. The Kier molecular flexibility index (Phi) is 7.00. The minimum Gasteiger partial charge on any atom is -0.299 e. The molecule has 0 aromatic carbocycles. The van der Waals surface area contributed by atoms with Gasteiger partial charge in [-0.1, -0.05) is 48.5 Å². The van der Waals surface area contributed by atoms with Crippen molar-refractivity contribution in [3.05, 3.63) is 58.7 Å². The number of hydrogen-bond acceptors (Lipinski definition) is 1. The first kappa shape index (κ1) is 16.4. The number of hydrogen-bond donors (Lipinski definition) is 0. The Morgan fingerprint density at radius 3 is 2.50 bits per heavy atom. The highest BCUT2D eigenvalue weighted by molar-refractivity contribution is 5.66. The third-order valence-electron chi connectivity index (χ3n) is 3.79. The summed E-state index contributed by atoms with van der Waals surface area (Å²) in [6, 6.07) is 0. The van der Waals surface area contributed by atoms with Crippen LogP contribution in [-0.4, -0.2) is 6.29 Å². The van der Waals surface area contributed by atoms with Gasteiger partial charge in [0.05, 0.1) is 0 Å². The second-order valence-electron chi connectivity index (χ2n) is 5.68. The molecular formula is C19H26O. The van der Waals surface area contributed by atoms with Crippen molar-refractivity contribution in [1.29, 1.82) is 0 Å². The van der Waals surface area contributed by atoms with Gasteiger partial charge < -0.3 is 0 Å². The van der Waals surface area contributed by atoms with E-state index in [1.165, 1.54) is 36.0 Å². The minimum absolute atomic E-state index is 0.682. The second kappa shape index (κ2) is 8.52. The number of rotatable bonds is 5. The van der Waals surface area contributed by atoms with E-state index in [0.29, 0.717) is 5.92 Å². The van der Waals surface area contributed by atoms with Crippen LogP contribution >= 0.6 is 0 Å². The van der Waals surface area contributed by atoms with E-state index in [1.807, 2.05) is 19.1 Å². The smallest absolute Gasteiger partial charge is 0.143 e. The molecule has 0 aromatic rings. The van der Waals surface area contributed by atoms with E-state index in [9.17, 15) is 4.79 Å². The van der Waals surface area contributed by atoms with E-state index in [1.54, 1.807) is 6.08 Å². The highest BCUT2D eigenvalue weighted by atomic mass is 16.1. The molecule has 1 aliphatic carbocycles. The largest absolute Gasteiger partial charge is 0.299 e. The van der Waals surface area contributed by atoms with Gasteiger partial charge in [0.25, 0.3) is 0 Å². The van der Waals surface area contributed by atoms with Crippen molar-refractivity contribution in [2.45, 2.75) is 47.0 Å². The van der Waals surface area contributed by atoms with E-state index >= 15 is 0 Å². The summed E-state index contributed by atoms with van der Waals surface area (Å²) in [6.07, 6.45) is 16.7. The van der Waals surface area contributed by atoms with Gasteiger partial charge in [-0.25, -0.2) is 0 Å². The van der Waals surface area contributed by atoms with Crippen LogP contribution in [0.4, 0.5) is 0 Å². The molecule has 0 saturated heterocycles. The number of carbonyl (C=O) groups excluding carboxylic acids is 1. The standard InChI is InChI=1S/C19H26O/c1-15(7-5-8-16(2)13-14-20)11-12-19-17(3)9-6-10-18(19)4/h5,7-8,11-14,17H,6,9-10H2,1-4H3/b8-5+,12-11+,15-7+,16-13+. The molecule has 0 N–H and O–H groups in total. The SMILES string of the molecule is CC1=C(/C=C/C(C)=C/C=C/C(C)=C/C=O)C(C)CCC1. The lowest BCUT2D eigenvalue weighted by molar-refractivity contribution is -0.104. The molecule has 1 atom stereocenters. The molecule has 0 radical (unpaired) electrons. The van der Waals surface area contributed by atoms with Crippen LogP contribution in [0, 0.1) is 5.92 Å². The van der Waals surface area contributed by atoms with Gasteiger partial charge in [0.2, 0.25) is 0 Å². The zero-order chi connectivity index (χ0) is 15.0. The average Bonchev–Trinajstić information content (AvgIpc) is 2.38. The van der Waals surface area contributed by atoms with Crippen molar-refractivity contribution >= 4 is 6.29 Å². The quantitative estimate of drug-likeness (QED) is 0.375. The van der Waals surface area contributed by atoms with Crippen LogP contribution in [-0.2, 0) is 4.79 Å². The maximum absolute atomic E-state index is 10.3. The van der Waals surface area contributed by atoms with Gasteiger partial charge in [0, 0.05) is 0 Å². The molecule has 0 aromatic heterocycles. The Morgan fingerprint density at radius 2 is 1.85 bits per heavy atom. The number of aldehydes is 1. The molecule has 1 nitrogen and oxygen atoms in total. The lowest BCUT2D eigenvalue weighted by Gasteiger charge is -2.22. The van der Waals surface area contributed by atoms with Gasteiger partial charge in [-0.2, -0.15) is 0 Å². The van der Waals surface area contributed by atoms with Crippen LogP contribution < -0.4 is 0 Å². The maximum atomic E-state index is 10.3. The summed E-state index contributed by atoms with van der Waals surface area (Å²) in [5.74, 6) is 0.682. The second-order valence-corrected chi connectivity index (χ2v) is 5.68. The zero-order valence-corrected chi connectivity index (χ0v) is 13.1. The van der Waals surface area contributed by atoms with Crippen LogP contribution in [0.2, 0.25) is 0 Å². The third kappa shape index (κ3) is 5.56. The predicted octanol–water partition coefficient (Wildman–Crippen LogP) is 5.33. The zero-order valence-electron chi connectivity index (χ0n) is 13.1. The summed E-state index contributed by atoms with van der Waals surface area (Å²) in [7, 11) is 0. The minimum atomic E-state index is 0.682. The highest BCUT2D eigenvalue weighted by Gasteiger charge is 2.14. The van der Waals surface area contributed by atoms with Crippen molar-refractivity contribution in [2.75, 3.05) is 0 Å². The van der Waals surface area contributed by atoms with Gasteiger partial charge >= 0.3 is 0 Å². The third-order valence-corrected chi connectivity index (χ3v) is 3.79. The van der Waals surface area contributed by atoms with E-state index in [2.05, 4.69) is 39.0 Å². The molecule has 20 heavy (non-hydrogen) atoms. The van der Waals surface area contributed by atoms with Crippen LogP contribution in [0.5, 0.6) is 0 Å². The Labute approximate surface area is 123 Å². The van der Waals surface area contributed by atoms with Gasteiger partial charge in [-0.15, -0.1) is 0 Å². The Hall–Kier alpha value is -1.63. The summed E-state index contributed by atoms with van der Waals surface area (Å²) in [4.78, 5) is 10.3. The molecule has 0 saturated carbocycles. The van der Waals surface area contributed by atoms with Gasteiger partial charge in [0.15, 0.2) is 0 Å². The maximum Gasteiger partial charge on any atom is 0.143 e. The normalized spacial score (nSPS) is 22.1. The van der Waals surface area contributed by atoms with Crippen LogP contribution in [0.1, 0.15) is 47.0 Å². The lowest BCUT2D eigenvalue weighted by Crippen LogP contribution is -2.06. The van der Waals surface area contributed by atoms with Crippen molar-refractivity contribution < 1.29 is 4.79 Å². The Balaban J connectivity index is 2.70. The van der Waals surface area contributed by atoms with Crippen molar-refractivity contribution in [3.63, 3.8) is 0 Å². The molecular weight excluding hydrogens is 244 g/mol. The predicted molar refractivity (Wildman–Crippen MR) is 87.6 cm³/mol. The van der Waals surface area contributed by atoms with E-state index < -0.39 is 0 Å². The summed E-state index contributed by atoms with van der Waals surface area (Å²) in [5, 5.41) is 0. The lowest BCUT2D eigenvalue weighted by atomic mass is 9.84. The highest BCUT2D eigenvalue weighted by Crippen LogP contribution is 2.30. The van der Waals surface area contributed by atoms with E-state index in [0.717, 1.165) is 11.9 Å². The molecule has 1 unspecified atom stereocenters. The fourth-order valence-corrected chi connectivity index (χ4v) is 2.49. The molecule has 0 amide bonds. The molecule has 0 spiro atoms. The summed E-state index contributed by atoms with van der Waals surface area (Å²) < 4.78 is 0. The van der Waals surface area contributed by atoms with Crippen molar-refractivity contribution in [1.82, 2.24) is 0 Å². The molecule has 0 aliphatic heterocycles. The summed E-state index contributed by atoms with van der Waals surface area (Å²) in [5.41, 5.74) is 5.23. The topological polar surface area (TPSA) is 17.1 Å².